The Bertz CT molecular complexity index is 406. The number of nitrogens with zero attached hydrogens (tertiary/aromatic N) is 1. The van der Waals surface area contributed by atoms with E-state index in [0.29, 0.717) is 32.4 Å². The van der Waals surface area contributed by atoms with Crippen molar-refractivity contribution < 1.29 is 19.5 Å². The predicted molar refractivity (Wildman–Crippen MR) is 81.3 cm³/mol. The molecule has 22 heavy (non-hydrogen) atoms. The Morgan fingerprint density at radius 1 is 1.27 bits per heavy atom. The van der Waals surface area contributed by atoms with E-state index in [1.54, 1.807) is 4.90 Å². The highest BCUT2D eigenvalue weighted by atomic mass is 16.4. The van der Waals surface area contributed by atoms with Gasteiger partial charge in [0.25, 0.3) is 0 Å². The number of nitrogens with one attached hydrogen (secondary N) is 2. The van der Waals surface area contributed by atoms with Crippen LogP contribution < -0.4 is 16.4 Å². The van der Waals surface area contributed by atoms with Crippen molar-refractivity contribution in [1.29, 1.82) is 0 Å². The topological polar surface area (TPSA) is 125 Å². The van der Waals surface area contributed by atoms with Crippen molar-refractivity contribution in [2.45, 2.75) is 39.2 Å². The fourth-order valence-electron chi connectivity index (χ4n) is 2.59. The molecule has 1 aliphatic heterocycles. The molecule has 0 aromatic heterocycles. The van der Waals surface area contributed by atoms with Crippen molar-refractivity contribution in [1.82, 2.24) is 15.5 Å². The Morgan fingerprint density at radius 2 is 1.86 bits per heavy atom. The third-order valence-electron chi connectivity index (χ3n) is 3.73. The number of rotatable bonds is 6. The first kappa shape index (κ1) is 18.1. The fraction of sp³-hybridized carbons (Fsp3) is 0.786. The molecule has 1 heterocycles. The summed E-state index contributed by atoms with van der Waals surface area (Å²) < 4.78 is 0. The summed E-state index contributed by atoms with van der Waals surface area (Å²) in [4.78, 5) is 35.6. The Balaban J connectivity index is 2.36. The van der Waals surface area contributed by atoms with Crippen LogP contribution in [0, 0.1) is 11.8 Å². The van der Waals surface area contributed by atoms with Crippen LogP contribution in [0.4, 0.5) is 9.59 Å². The number of hydrogen-bond donors (Lipinski definition) is 4. The van der Waals surface area contributed by atoms with Gasteiger partial charge in [-0.05, 0) is 25.2 Å². The normalized spacial score (nSPS) is 17.1. The van der Waals surface area contributed by atoms with Gasteiger partial charge in [-0.15, -0.1) is 0 Å². The van der Waals surface area contributed by atoms with Crippen molar-refractivity contribution in [3.8, 4) is 0 Å². The quantitative estimate of drug-likeness (QED) is 0.572. The van der Waals surface area contributed by atoms with Gasteiger partial charge in [0.15, 0.2) is 0 Å². The number of piperidine rings is 1. The summed E-state index contributed by atoms with van der Waals surface area (Å²) in [6, 6.07) is -0.817. The molecule has 4 amide bonds. The zero-order valence-corrected chi connectivity index (χ0v) is 13.2. The molecular weight excluding hydrogens is 288 g/mol. The highest BCUT2D eigenvalue weighted by molar-refractivity contribution is 5.76. The van der Waals surface area contributed by atoms with E-state index >= 15 is 0 Å². The van der Waals surface area contributed by atoms with Gasteiger partial charge < -0.3 is 26.4 Å². The maximum Gasteiger partial charge on any atom is 0.317 e. The summed E-state index contributed by atoms with van der Waals surface area (Å²) in [6.45, 7) is 5.06. The monoisotopic (exact) mass is 314 g/mol. The number of hydrogen-bond acceptors (Lipinski definition) is 3. The minimum Gasteiger partial charge on any atom is -0.481 e. The zero-order valence-electron chi connectivity index (χ0n) is 13.2. The molecule has 0 bridgehead atoms. The minimum absolute atomic E-state index is 0.00532. The van der Waals surface area contributed by atoms with Gasteiger partial charge in [0.2, 0.25) is 0 Å². The molecule has 1 atom stereocenters. The lowest BCUT2D eigenvalue weighted by molar-refractivity contribution is -0.142. The van der Waals surface area contributed by atoms with E-state index in [1.807, 2.05) is 13.8 Å². The number of carbonyl (C=O) groups is 3. The lowest BCUT2D eigenvalue weighted by Gasteiger charge is -2.32. The average molecular weight is 314 g/mol. The molecule has 0 spiro atoms. The van der Waals surface area contributed by atoms with Crippen molar-refractivity contribution >= 4 is 18.0 Å². The number of amides is 4. The number of likely N-dealkylation sites (tertiary alicyclic amines) is 1. The first-order valence-corrected chi connectivity index (χ1v) is 7.61. The largest absolute Gasteiger partial charge is 0.481 e. The lowest BCUT2D eigenvalue weighted by atomic mass is 9.97. The summed E-state index contributed by atoms with van der Waals surface area (Å²) >= 11 is 0. The third-order valence-corrected chi connectivity index (χ3v) is 3.73. The fourth-order valence-corrected chi connectivity index (χ4v) is 2.59. The molecule has 5 N–H and O–H groups in total. The second-order valence-corrected chi connectivity index (χ2v) is 6.12. The summed E-state index contributed by atoms with van der Waals surface area (Å²) in [5, 5.41) is 14.5. The van der Waals surface area contributed by atoms with E-state index < -0.39 is 17.9 Å². The van der Waals surface area contributed by atoms with Crippen molar-refractivity contribution in [2.24, 2.45) is 17.6 Å². The summed E-state index contributed by atoms with van der Waals surface area (Å²) in [7, 11) is 0. The molecule has 8 heteroatoms. The van der Waals surface area contributed by atoms with E-state index in [4.69, 9.17) is 10.8 Å². The second kappa shape index (κ2) is 8.45. The predicted octanol–water partition coefficient (Wildman–Crippen LogP) is 0.576. The number of carbonyl (C=O) groups excluding carboxylic acids is 2. The molecule has 1 unspecified atom stereocenters. The number of primary amides is 1. The summed E-state index contributed by atoms with van der Waals surface area (Å²) in [5.74, 6) is -1.20. The Labute approximate surface area is 130 Å². The van der Waals surface area contributed by atoms with Crippen LogP contribution in [0.3, 0.4) is 0 Å². The van der Waals surface area contributed by atoms with Crippen LogP contribution in [-0.2, 0) is 4.79 Å². The molecule has 0 aromatic carbocycles. The van der Waals surface area contributed by atoms with Gasteiger partial charge in [-0.3, -0.25) is 4.79 Å². The van der Waals surface area contributed by atoms with Gasteiger partial charge >= 0.3 is 18.0 Å². The van der Waals surface area contributed by atoms with Gasteiger partial charge in [-0.2, -0.15) is 0 Å². The molecule has 1 saturated heterocycles. The molecule has 8 nitrogen and oxygen atoms in total. The van der Waals surface area contributed by atoms with Gasteiger partial charge in [0.05, 0.1) is 5.92 Å². The van der Waals surface area contributed by atoms with Crippen LogP contribution in [-0.4, -0.2) is 53.7 Å². The molecule has 0 aliphatic carbocycles. The number of aliphatic carboxylic acids is 1. The number of urea groups is 2. The van der Waals surface area contributed by atoms with Crippen molar-refractivity contribution in [3.05, 3.63) is 0 Å². The van der Waals surface area contributed by atoms with Crippen LogP contribution in [0.2, 0.25) is 0 Å². The summed E-state index contributed by atoms with van der Waals surface area (Å²) in [6.07, 6.45) is 1.82. The zero-order chi connectivity index (χ0) is 16.7. The number of nitrogens with two attached hydrogens (primary N) is 1. The van der Waals surface area contributed by atoms with E-state index in [2.05, 4.69) is 10.6 Å². The Kier molecular flexibility index (Phi) is 6.94. The Morgan fingerprint density at radius 3 is 2.32 bits per heavy atom. The van der Waals surface area contributed by atoms with Gasteiger partial charge in [0.1, 0.15) is 0 Å². The van der Waals surface area contributed by atoms with Crippen molar-refractivity contribution in [2.75, 3.05) is 19.6 Å². The molecule has 0 aromatic rings. The highest BCUT2D eigenvalue weighted by Gasteiger charge is 2.25. The molecule has 1 fully saturated rings. The highest BCUT2D eigenvalue weighted by Crippen LogP contribution is 2.13. The van der Waals surface area contributed by atoms with Gasteiger partial charge in [0, 0.05) is 25.7 Å². The van der Waals surface area contributed by atoms with E-state index in [1.165, 1.54) is 0 Å². The average Bonchev–Trinajstić information content (AvgIpc) is 2.42. The molecule has 1 rings (SSSR count). The molecule has 0 radical (unpaired) electrons. The first-order valence-electron chi connectivity index (χ1n) is 7.61. The van der Waals surface area contributed by atoms with E-state index in [0.717, 1.165) is 0 Å². The SMILES string of the molecule is CC(C)CC(CNC(=O)N1CCC(NC(N)=O)CC1)C(=O)O. The molecule has 0 saturated carbocycles. The lowest BCUT2D eigenvalue weighted by Crippen LogP contribution is -2.51. The number of carboxylic acid groups (broad SMARTS) is 1. The minimum atomic E-state index is -0.890. The van der Waals surface area contributed by atoms with Crippen LogP contribution in [0.5, 0.6) is 0 Å². The molecule has 1 aliphatic rings. The van der Waals surface area contributed by atoms with Crippen LogP contribution in [0.15, 0.2) is 0 Å². The van der Waals surface area contributed by atoms with E-state index in [-0.39, 0.29) is 24.5 Å². The Hall–Kier alpha value is -1.99. The molecule has 126 valence electrons. The molecular formula is C14H26N4O4. The smallest absolute Gasteiger partial charge is 0.317 e. The van der Waals surface area contributed by atoms with Crippen molar-refractivity contribution in [3.63, 3.8) is 0 Å². The van der Waals surface area contributed by atoms with Crippen LogP contribution in [0.1, 0.15) is 33.1 Å². The van der Waals surface area contributed by atoms with Crippen LogP contribution in [0.25, 0.3) is 0 Å². The maximum atomic E-state index is 12.0. The third kappa shape index (κ3) is 6.19. The maximum absolute atomic E-state index is 12.0. The summed E-state index contributed by atoms with van der Waals surface area (Å²) in [5.41, 5.74) is 5.07. The van der Waals surface area contributed by atoms with Gasteiger partial charge in [-0.25, -0.2) is 9.59 Å². The standard InChI is InChI=1S/C14H26N4O4/c1-9(2)7-10(12(19)20)8-16-14(22)18-5-3-11(4-6-18)17-13(15)21/h9-11H,3-8H2,1-2H3,(H,16,22)(H,19,20)(H3,15,17,21). The first-order chi connectivity index (χ1) is 10.3. The van der Waals surface area contributed by atoms with Crippen LogP contribution >= 0.6 is 0 Å². The van der Waals surface area contributed by atoms with Gasteiger partial charge in [-0.1, -0.05) is 13.8 Å². The van der Waals surface area contributed by atoms with E-state index in [9.17, 15) is 14.4 Å². The second-order valence-electron chi connectivity index (χ2n) is 6.12. The number of carboxylic acids is 1.